The first kappa shape index (κ1) is 14.3. The Labute approximate surface area is 120 Å². The molecule has 8 heteroatoms. The zero-order valence-electron chi connectivity index (χ0n) is 11.2. The molecule has 1 aromatic heterocycles. The van der Waals surface area contributed by atoms with Gasteiger partial charge in [0.2, 0.25) is 0 Å². The number of aromatic nitrogens is 3. The minimum absolute atomic E-state index is 0.0999. The van der Waals surface area contributed by atoms with Gasteiger partial charge in [-0.1, -0.05) is 23.9 Å². The van der Waals surface area contributed by atoms with Crippen LogP contribution in [0.1, 0.15) is 12.5 Å². The van der Waals surface area contributed by atoms with Gasteiger partial charge in [-0.25, -0.2) is 9.67 Å². The maximum Gasteiger partial charge on any atom is 0.292 e. The average molecular weight is 293 g/mol. The predicted molar refractivity (Wildman–Crippen MR) is 77.8 cm³/mol. The van der Waals surface area contributed by atoms with E-state index in [1.807, 2.05) is 20.0 Å². The van der Waals surface area contributed by atoms with E-state index in [9.17, 15) is 10.1 Å². The fourth-order valence-corrected chi connectivity index (χ4v) is 2.68. The van der Waals surface area contributed by atoms with E-state index in [2.05, 4.69) is 15.4 Å². The van der Waals surface area contributed by atoms with Crippen LogP contribution in [0.5, 0.6) is 0 Å². The van der Waals surface area contributed by atoms with Gasteiger partial charge in [-0.05, 0) is 12.5 Å². The van der Waals surface area contributed by atoms with Crippen molar-refractivity contribution >= 4 is 23.1 Å². The first-order valence-corrected chi connectivity index (χ1v) is 7.09. The molecule has 0 amide bonds. The minimum Gasteiger partial charge on any atom is -0.380 e. The number of thioether (sulfide) groups is 1. The quantitative estimate of drug-likeness (QED) is 0.500. The highest BCUT2D eigenvalue weighted by atomic mass is 32.2. The Morgan fingerprint density at radius 2 is 2.30 bits per heavy atom. The third kappa shape index (κ3) is 3.08. The summed E-state index contributed by atoms with van der Waals surface area (Å²) in [5, 5.41) is 18.9. The fraction of sp³-hybridized carbons (Fsp3) is 0.333. The number of rotatable bonds is 6. The number of nitro benzene ring substituents is 1. The highest BCUT2D eigenvalue weighted by Gasteiger charge is 2.17. The SMILES string of the molecule is CCNc1c(CSc2ncnn2C)cccc1[N+](=O)[O-]. The lowest BCUT2D eigenvalue weighted by atomic mass is 10.1. The van der Waals surface area contributed by atoms with Crippen LogP contribution in [0.15, 0.2) is 29.7 Å². The number of para-hydroxylation sites is 1. The van der Waals surface area contributed by atoms with Crippen LogP contribution in [0.4, 0.5) is 11.4 Å². The monoisotopic (exact) mass is 293 g/mol. The van der Waals surface area contributed by atoms with Gasteiger partial charge >= 0.3 is 0 Å². The number of benzene rings is 1. The van der Waals surface area contributed by atoms with Gasteiger partial charge in [0.1, 0.15) is 12.0 Å². The van der Waals surface area contributed by atoms with Crippen molar-refractivity contribution in [2.75, 3.05) is 11.9 Å². The summed E-state index contributed by atoms with van der Waals surface area (Å²) in [4.78, 5) is 14.8. The van der Waals surface area contributed by atoms with Crippen molar-refractivity contribution in [2.24, 2.45) is 7.05 Å². The smallest absolute Gasteiger partial charge is 0.292 e. The van der Waals surface area contributed by atoms with Gasteiger partial charge in [-0.3, -0.25) is 10.1 Å². The van der Waals surface area contributed by atoms with E-state index in [4.69, 9.17) is 0 Å². The molecule has 0 aliphatic carbocycles. The summed E-state index contributed by atoms with van der Waals surface area (Å²) in [6.45, 7) is 2.54. The van der Waals surface area contributed by atoms with E-state index in [0.29, 0.717) is 18.0 Å². The van der Waals surface area contributed by atoms with Gasteiger partial charge in [-0.2, -0.15) is 5.10 Å². The summed E-state index contributed by atoms with van der Waals surface area (Å²) in [6, 6.07) is 5.09. The molecule has 0 bridgehead atoms. The van der Waals surface area contributed by atoms with E-state index in [1.165, 1.54) is 24.2 Å². The van der Waals surface area contributed by atoms with E-state index in [1.54, 1.807) is 10.7 Å². The lowest BCUT2D eigenvalue weighted by Gasteiger charge is -2.10. The number of anilines is 1. The lowest BCUT2D eigenvalue weighted by Crippen LogP contribution is -2.04. The van der Waals surface area contributed by atoms with E-state index < -0.39 is 0 Å². The summed E-state index contributed by atoms with van der Waals surface area (Å²) in [6.07, 6.45) is 1.49. The number of hydrogen-bond acceptors (Lipinski definition) is 6. The second-order valence-corrected chi connectivity index (χ2v) is 5.00. The van der Waals surface area contributed by atoms with Crippen molar-refractivity contribution in [3.8, 4) is 0 Å². The molecular formula is C12H15N5O2S. The summed E-state index contributed by atoms with van der Waals surface area (Å²) in [5.41, 5.74) is 1.56. The van der Waals surface area contributed by atoms with Crippen LogP contribution in [0.3, 0.4) is 0 Å². The third-order valence-corrected chi connectivity index (χ3v) is 3.79. The first-order valence-electron chi connectivity index (χ1n) is 6.10. The molecule has 0 atom stereocenters. The van der Waals surface area contributed by atoms with Crippen molar-refractivity contribution in [1.29, 1.82) is 0 Å². The Balaban J connectivity index is 2.24. The van der Waals surface area contributed by atoms with Crippen molar-refractivity contribution in [2.45, 2.75) is 17.8 Å². The largest absolute Gasteiger partial charge is 0.380 e. The van der Waals surface area contributed by atoms with Gasteiger partial charge in [0.15, 0.2) is 5.16 Å². The molecule has 1 N–H and O–H groups in total. The van der Waals surface area contributed by atoms with Crippen LogP contribution in [0, 0.1) is 10.1 Å². The molecule has 7 nitrogen and oxygen atoms in total. The van der Waals surface area contributed by atoms with Crippen molar-refractivity contribution in [3.05, 3.63) is 40.2 Å². The number of nitrogens with zero attached hydrogens (tertiary/aromatic N) is 4. The first-order chi connectivity index (χ1) is 9.63. The molecule has 0 fully saturated rings. The van der Waals surface area contributed by atoms with Crippen LogP contribution in [-0.2, 0) is 12.8 Å². The van der Waals surface area contributed by atoms with E-state index in [-0.39, 0.29) is 10.6 Å². The number of nitro groups is 1. The molecule has 0 radical (unpaired) electrons. The van der Waals surface area contributed by atoms with Crippen LogP contribution in [0.25, 0.3) is 0 Å². The maximum atomic E-state index is 11.1. The highest BCUT2D eigenvalue weighted by molar-refractivity contribution is 7.98. The second-order valence-electron chi connectivity index (χ2n) is 4.05. The molecular weight excluding hydrogens is 278 g/mol. The van der Waals surface area contributed by atoms with Crippen molar-refractivity contribution < 1.29 is 4.92 Å². The summed E-state index contributed by atoms with van der Waals surface area (Å²) in [7, 11) is 1.81. The molecule has 0 saturated carbocycles. The van der Waals surface area contributed by atoms with E-state index in [0.717, 1.165) is 10.7 Å². The van der Waals surface area contributed by atoms with Gasteiger partial charge in [0.25, 0.3) is 5.69 Å². The lowest BCUT2D eigenvalue weighted by molar-refractivity contribution is -0.384. The minimum atomic E-state index is -0.367. The number of aryl methyl sites for hydroxylation is 1. The Kier molecular flexibility index (Phi) is 4.57. The van der Waals surface area contributed by atoms with Crippen LogP contribution < -0.4 is 5.32 Å². The zero-order valence-corrected chi connectivity index (χ0v) is 12.1. The van der Waals surface area contributed by atoms with Gasteiger partial charge in [0, 0.05) is 25.4 Å². The predicted octanol–water partition coefficient (Wildman–Crippen LogP) is 2.45. The summed E-state index contributed by atoms with van der Waals surface area (Å²) in [5.74, 6) is 0.594. The summed E-state index contributed by atoms with van der Waals surface area (Å²) < 4.78 is 1.68. The molecule has 0 unspecified atom stereocenters. The Morgan fingerprint density at radius 3 is 2.90 bits per heavy atom. The molecule has 20 heavy (non-hydrogen) atoms. The molecule has 0 spiro atoms. The molecule has 0 aliphatic heterocycles. The zero-order chi connectivity index (χ0) is 14.5. The van der Waals surface area contributed by atoms with Crippen LogP contribution in [0.2, 0.25) is 0 Å². The number of hydrogen-bond donors (Lipinski definition) is 1. The summed E-state index contributed by atoms with van der Waals surface area (Å²) >= 11 is 1.49. The Hall–Kier alpha value is -2.09. The van der Waals surface area contributed by atoms with Gasteiger partial charge in [-0.15, -0.1) is 0 Å². The highest BCUT2D eigenvalue weighted by Crippen LogP contribution is 2.32. The molecule has 2 aromatic rings. The van der Waals surface area contributed by atoms with Crippen molar-refractivity contribution in [1.82, 2.24) is 14.8 Å². The second kappa shape index (κ2) is 6.38. The van der Waals surface area contributed by atoms with Crippen LogP contribution in [-0.4, -0.2) is 26.2 Å². The van der Waals surface area contributed by atoms with Crippen molar-refractivity contribution in [3.63, 3.8) is 0 Å². The van der Waals surface area contributed by atoms with Crippen LogP contribution >= 0.6 is 11.8 Å². The topological polar surface area (TPSA) is 85.9 Å². The average Bonchev–Trinajstić information content (AvgIpc) is 2.83. The molecule has 1 heterocycles. The molecule has 106 valence electrons. The maximum absolute atomic E-state index is 11.1. The molecule has 1 aromatic carbocycles. The van der Waals surface area contributed by atoms with Gasteiger partial charge in [0.05, 0.1) is 4.92 Å². The van der Waals surface area contributed by atoms with E-state index >= 15 is 0 Å². The fourth-order valence-electron chi connectivity index (χ4n) is 1.80. The third-order valence-electron chi connectivity index (χ3n) is 2.71. The molecule has 0 saturated heterocycles. The van der Waals surface area contributed by atoms with Gasteiger partial charge < -0.3 is 5.32 Å². The Morgan fingerprint density at radius 1 is 1.50 bits per heavy atom. The standard InChI is InChI=1S/C12H15N5O2S/c1-3-13-11-9(5-4-6-10(11)17(18)19)7-20-12-14-8-15-16(12)2/h4-6,8,13H,3,7H2,1-2H3. The normalized spacial score (nSPS) is 10.5. The number of nitrogens with one attached hydrogen (secondary N) is 1. The molecule has 2 rings (SSSR count). The Bertz CT molecular complexity index is 614. The molecule has 0 aliphatic rings.